The van der Waals surface area contributed by atoms with Crippen molar-refractivity contribution in [3.8, 4) is 17.2 Å². The van der Waals surface area contributed by atoms with Crippen LogP contribution in [0.2, 0.25) is 0 Å². The van der Waals surface area contributed by atoms with Crippen molar-refractivity contribution in [3.63, 3.8) is 0 Å². The molecule has 0 saturated carbocycles. The quantitative estimate of drug-likeness (QED) is 0.831. The molecule has 1 aliphatic rings. The molecule has 0 aliphatic carbocycles. The highest BCUT2D eigenvalue weighted by Crippen LogP contribution is 2.38. The van der Waals surface area contributed by atoms with Crippen LogP contribution in [0.1, 0.15) is 25.3 Å². The van der Waals surface area contributed by atoms with E-state index < -0.39 is 0 Å². The number of methoxy groups -OCH3 is 3. The second kappa shape index (κ2) is 8.06. The first-order chi connectivity index (χ1) is 11.1. The monoisotopic (exact) mass is 322 g/mol. The number of carbonyl (C=O) groups excluding carboxylic acids is 1. The van der Waals surface area contributed by atoms with Crippen LogP contribution in [-0.4, -0.2) is 45.9 Å². The Hall–Kier alpha value is -1.95. The van der Waals surface area contributed by atoms with Crippen LogP contribution >= 0.6 is 0 Å². The number of hydrogen-bond acceptors (Lipinski definition) is 5. The maximum atomic E-state index is 12.3. The van der Waals surface area contributed by atoms with Gasteiger partial charge in [0.05, 0.1) is 27.8 Å². The Morgan fingerprint density at radius 3 is 2.39 bits per heavy atom. The van der Waals surface area contributed by atoms with Crippen molar-refractivity contribution in [1.29, 1.82) is 0 Å². The third-order valence-corrected chi connectivity index (χ3v) is 4.08. The zero-order chi connectivity index (χ0) is 16.8. The molecule has 1 amide bonds. The van der Waals surface area contributed by atoms with Crippen LogP contribution in [0.5, 0.6) is 17.2 Å². The molecular weight excluding hydrogens is 296 g/mol. The summed E-state index contributed by atoms with van der Waals surface area (Å²) in [6.07, 6.45) is 2.21. The summed E-state index contributed by atoms with van der Waals surface area (Å²) in [6.45, 7) is 3.08. The second-order valence-electron chi connectivity index (χ2n) is 5.85. The molecule has 2 unspecified atom stereocenters. The number of piperidine rings is 1. The molecule has 1 aliphatic heterocycles. The van der Waals surface area contributed by atoms with Gasteiger partial charge in [-0.1, -0.05) is 0 Å². The summed E-state index contributed by atoms with van der Waals surface area (Å²) in [5.41, 5.74) is 0.832. The Bertz CT molecular complexity index is 522. The molecule has 2 atom stereocenters. The number of rotatable bonds is 6. The fourth-order valence-electron chi connectivity index (χ4n) is 2.96. The molecule has 0 radical (unpaired) electrons. The van der Waals surface area contributed by atoms with E-state index in [9.17, 15) is 4.79 Å². The molecule has 0 spiro atoms. The molecule has 0 bridgehead atoms. The molecule has 23 heavy (non-hydrogen) atoms. The minimum atomic E-state index is 0.0124. The van der Waals surface area contributed by atoms with Gasteiger partial charge in [-0.25, -0.2) is 0 Å². The summed E-state index contributed by atoms with van der Waals surface area (Å²) < 4.78 is 15.9. The number of hydrogen-bond donors (Lipinski definition) is 2. The Labute approximate surface area is 137 Å². The highest BCUT2D eigenvalue weighted by atomic mass is 16.5. The molecule has 0 aromatic heterocycles. The summed E-state index contributed by atoms with van der Waals surface area (Å²) in [7, 11) is 4.69. The minimum absolute atomic E-state index is 0.0124. The normalized spacial score (nSPS) is 20.7. The first-order valence-corrected chi connectivity index (χ1v) is 7.89. The predicted octanol–water partition coefficient (Wildman–Crippen LogP) is 1.51. The van der Waals surface area contributed by atoms with Crippen LogP contribution < -0.4 is 24.8 Å². The molecule has 1 aromatic rings. The van der Waals surface area contributed by atoms with Gasteiger partial charge in [0.25, 0.3) is 0 Å². The van der Waals surface area contributed by atoms with Crippen molar-refractivity contribution in [2.75, 3.05) is 27.9 Å². The lowest BCUT2D eigenvalue weighted by Crippen LogP contribution is -2.46. The van der Waals surface area contributed by atoms with Gasteiger partial charge in [0.15, 0.2) is 11.5 Å². The maximum absolute atomic E-state index is 12.3. The molecular formula is C17H26N2O4. The van der Waals surface area contributed by atoms with Crippen molar-refractivity contribution < 1.29 is 19.0 Å². The molecule has 128 valence electrons. The van der Waals surface area contributed by atoms with E-state index in [0.717, 1.165) is 24.9 Å². The Morgan fingerprint density at radius 1 is 1.22 bits per heavy atom. The second-order valence-corrected chi connectivity index (χ2v) is 5.85. The van der Waals surface area contributed by atoms with Crippen molar-refractivity contribution in [2.24, 2.45) is 0 Å². The van der Waals surface area contributed by atoms with E-state index in [0.29, 0.717) is 23.3 Å². The van der Waals surface area contributed by atoms with E-state index in [2.05, 4.69) is 17.6 Å². The van der Waals surface area contributed by atoms with E-state index in [1.54, 1.807) is 21.3 Å². The van der Waals surface area contributed by atoms with E-state index >= 15 is 0 Å². The van der Waals surface area contributed by atoms with Gasteiger partial charge in [-0.3, -0.25) is 4.79 Å². The van der Waals surface area contributed by atoms with Gasteiger partial charge in [0.1, 0.15) is 0 Å². The standard InChI is InChI=1S/C17H26N2O4/c1-11-7-13(5-6-18-11)19-16(20)10-12-8-14(21-2)17(23-4)15(9-12)22-3/h8-9,11,13,18H,5-7,10H2,1-4H3,(H,19,20). The van der Waals surface area contributed by atoms with Crippen molar-refractivity contribution in [3.05, 3.63) is 17.7 Å². The lowest BCUT2D eigenvalue weighted by Gasteiger charge is -2.28. The SMILES string of the molecule is COc1cc(CC(=O)NC2CCNC(C)C2)cc(OC)c1OC. The number of amides is 1. The summed E-state index contributed by atoms with van der Waals surface area (Å²) in [4.78, 5) is 12.3. The molecule has 1 heterocycles. The van der Waals surface area contributed by atoms with Gasteiger partial charge >= 0.3 is 0 Å². The van der Waals surface area contributed by atoms with Crippen LogP contribution in [0.25, 0.3) is 0 Å². The third kappa shape index (κ3) is 4.51. The summed E-state index contributed by atoms with van der Waals surface area (Å²) in [6, 6.07) is 4.30. The molecule has 6 nitrogen and oxygen atoms in total. The van der Waals surface area contributed by atoms with E-state index in [-0.39, 0.29) is 18.4 Å². The van der Waals surface area contributed by atoms with Crippen LogP contribution in [-0.2, 0) is 11.2 Å². The van der Waals surface area contributed by atoms with Gasteiger partial charge in [-0.2, -0.15) is 0 Å². The van der Waals surface area contributed by atoms with Gasteiger partial charge < -0.3 is 24.8 Å². The van der Waals surface area contributed by atoms with Crippen LogP contribution in [0, 0.1) is 0 Å². The van der Waals surface area contributed by atoms with Crippen LogP contribution in [0.3, 0.4) is 0 Å². The topological polar surface area (TPSA) is 68.8 Å². The zero-order valence-electron chi connectivity index (χ0n) is 14.3. The number of carbonyl (C=O) groups is 1. The van der Waals surface area contributed by atoms with E-state index in [1.807, 2.05) is 12.1 Å². The lowest BCUT2D eigenvalue weighted by molar-refractivity contribution is -0.121. The first-order valence-electron chi connectivity index (χ1n) is 7.89. The molecule has 2 rings (SSSR count). The fraction of sp³-hybridized carbons (Fsp3) is 0.588. The lowest BCUT2D eigenvalue weighted by atomic mass is 10.00. The smallest absolute Gasteiger partial charge is 0.224 e. The Morgan fingerprint density at radius 2 is 1.87 bits per heavy atom. The van der Waals surface area contributed by atoms with Crippen molar-refractivity contribution in [2.45, 2.75) is 38.3 Å². The Kier molecular flexibility index (Phi) is 6.10. The molecule has 6 heteroatoms. The molecule has 1 saturated heterocycles. The van der Waals surface area contributed by atoms with Crippen molar-refractivity contribution in [1.82, 2.24) is 10.6 Å². The van der Waals surface area contributed by atoms with Crippen molar-refractivity contribution >= 4 is 5.91 Å². The van der Waals surface area contributed by atoms with Gasteiger partial charge in [0.2, 0.25) is 11.7 Å². The Balaban J connectivity index is 2.05. The van der Waals surface area contributed by atoms with Crippen LogP contribution in [0.4, 0.5) is 0 Å². The number of nitrogens with one attached hydrogen (secondary N) is 2. The predicted molar refractivity (Wildman–Crippen MR) is 88.4 cm³/mol. The zero-order valence-corrected chi connectivity index (χ0v) is 14.3. The van der Waals surface area contributed by atoms with Gasteiger partial charge in [-0.15, -0.1) is 0 Å². The fourth-order valence-corrected chi connectivity index (χ4v) is 2.96. The van der Waals surface area contributed by atoms with E-state index in [4.69, 9.17) is 14.2 Å². The number of ether oxygens (including phenoxy) is 3. The van der Waals surface area contributed by atoms with E-state index in [1.165, 1.54) is 0 Å². The average Bonchev–Trinajstić information content (AvgIpc) is 2.53. The maximum Gasteiger partial charge on any atom is 0.224 e. The summed E-state index contributed by atoms with van der Waals surface area (Å²) >= 11 is 0. The summed E-state index contributed by atoms with van der Waals surface area (Å²) in [5, 5.41) is 6.49. The van der Waals surface area contributed by atoms with Gasteiger partial charge in [0, 0.05) is 12.1 Å². The third-order valence-electron chi connectivity index (χ3n) is 4.08. The largest absolute Gasteiger partial charge is 0.493 e. The molecule has 1 aromatic carbocycles. The molecule has 1 fully saturated rings. The minimum Gasteiger partial charge on any atom is -0.493 e. The average molecular weight is 322 g/mol. The highest BCUT2D eigenvalue weighted by molar-refractivity contribution is 5.79. The summed E-state index contributed by atoms with van der Waals surface area (Å²) in [5.74, 6) is 1.67. The molecule has 2 N–H and O–H groups in total. The first kappa shape index (κ1) is 17.4. The number of benzene rings is 1. The van der Waals surface area contributed by atoms with Crippen LogP contribution in [0.15, 0.2) is 12.1 Å². The highest BCUT2D eigenvalue weighted by Gasteiger charge is 2.21. The van der Waals surface area contributed by atoms with Gasteiger partial charge in [-0.05, 0) is 44.0 Å².